The van der Waals surface area contributed by atoms with Gasteiger partial charge in [-0.2, -0.15) is 0 Å². The summed E-state index contributed by atoms with van der Waals surface area (Å²) in [7, 11) is 0. The molecule has 1 rings (SSSR count). The summed E-state index contributed by atoms with van der Waals surface area (Å²) >= 11 is 0. The van der Waals surface area contributed by atoms with Crippen LogP contribution in [0.2, 0.25) is 0 Å². The van der Waals surface area contributed by atoms with Crippen LogP contribution in [-0.4, -0.2) is 0 Å². The summed E-state index contributed by atoms with van der Waals surface area (Å²) in [5, 5.41) is 0. The Kier molecular flexibility index (Phi) is 16.9. The Balaban J connectivity index is 2.48. The van der Waals surface area contributed by atoms with Gasteiger partial charge in [0.2, 0.25) is 0 Å². The molecule has 0 saturated carbocycles. The second kappa shape index (κ2) is 19.3. The molecular formula is C40H58. The van der Waals surface area contributed by atoms with E-state index in [0.29, 0.717) is 5.41 Å². The van der Waals surface area contributed by atoms with Crippen molar-refractivity contribution < 1.29 is 0 Å². The quantitative estimate of drug-likeness (QED) is 0.152. The van der Waals surface area contributed by atoms with E-state index in [4.69, 9.17) is 0 Å². The van der Waals surface area contributed by atoms with Gasteiger partial charge in [0.15, 0.2) is 0 Å². The molecule has 0 heterocycles. The SMILES string of the molecule is CC(C)=CC=CC(C)=CCCC(C)=CCCC(C)=CC=CC=C(C)C=CC=C(C)C=CC1=C(C)CCCC1(C)C. The van der Waals surface area contributed by atoms with Crippen LogP contribution in [0.5, 0.6) is 0 Å². The summed E-state index contributed by atoms with van der Waals surface area (Å²) in [5.74, 6) is 0. The summed E-state index contributed by atoms with van der Waals surface area (Å²) in [6, 6.07) is 0. The normalized spacial score (nSPS) is 18.3. The summed E-state index contributed by atoms with van der Waals surface area (Å²) in [4.78, 5) is 0. The summed E-state index contributed by atoms with van der Waals surface area (Å²) in [6.07, 6.45) is 39.3. The van der Waals surface area contributed by atoms with Crippen LogP contribution < -0.4 is 0 Å². The van der Waals surface area contributed by atoms with Crippen LogP contribution in [0.4, 0.5) is 0 Å². The molecule has 0 atom stereocenters. The van der Waals surface area contributed by atoms with Crippen LogP contribution in [0.15, 0.2) is 130 Å². The van der Waals surface area contributed by atoms with E-state index < -0.39 is 0 Å². The highest BCUT2D eigenvalue weighted by molar-refractivity contribution is 5.37. The number of hydrogen-bond donors (Lipinski definition) is 0. The highest BCUT2D eigenvalue weighted by Gasteiger charge is 2.26. The maximum absolute atomic E-state index is 2.40. The smallest absolute Gasteiger partial charge is 0.0104 e. The first-order valence-electron chi connectivity index (χ1n) is 15.3. The van der Waals surface area contributed by atoms with Gasteiger partial charge in [-0.15, -0.1) is 0 Å². The van der Waals surface area contributed by atoms with E-state index in [2.05, 4.69) is 154 Å². The third-order valence-electron chi connectivity index (χ3n) is 7.45. The Hall–Kier alpha value is -2.86. The van der Waals surface area contributed by atoms with Gasteiger partial charge in [0.05, 0.1) is 0 Å². The average Bonchev–Trinajstić information content (AvgIpc) is 2.85. The monoisotopic (exact) mass is 538 g/mol. The van der Waals surface area contributed by atoms with E-state index in [1.165, 1.54) is 58.3 Å². The Bertz CT molecular complexity index is 1130. The van der Waals surface area contributed by atoms with Crippen LogP contribution >= 0.6 is 0 Å². The lowest BCUT2D eigenvalue weighted by molar-refractivity contribution is 0.377. The van der Waals surface area contributed by atoms with Gasteiger partial charge in [0.25, 0.3) is 0 Å². The van der Waals surface area contributed by atoms with Gasteiger partial charge in [0, 0.05) is 0 Å². The third-order valence-corrected chi connectivity index (χ3v) is 7.45. The lowest BCUT2D eigenvalue weighted by Gasteiger charge is -2.32. The molecule has 0 radical (unpaired) electrons. The van der Waals surface area contributed by atoms with E-state index >= 15 is 0 Å². The minimum absolute atomic E-state index is 0.295. The Morgan fingerprint density at radius 1 is 0.650 bits per heavy atom. The molecule has 0 unspecified atom stereocenters. The third kappa shape index (κ3) is 16.3. The first kappa shape index (κ1) is 35.2. The van der Waals surface area contributed by atoms with Crippen molar-refractivity contribution in [2.45, 2.75) is 114 Å². The van der Waals surface area contributed by atoms with Crippen LogP contribution in [0, 0.1) is 5.41 Å². The molecule has 0 aromatic carbocycles. The molecule has 0 bridgehead atoms. The summed E-state index contributed by atoms with van der Waals surface area (Å²) < 4.78 is 0. The predicted molar refractivity (Wildman–Crippen MR) is 184 cm³/mol. The largest absolute Gasteiger partial charge is 0.0853 e. The average molecular weight is 539 g/mol. The minimum atomic E-state index is 0.295. The number of allylic oxidation sites excluding steroid dienone is 22. The highest BCUT2D eigenvalue weighted by Crippen LogP contribution is 2.40. The van der Waals surface area contributed by atoms with Crippen LogP contribution in [0.3, 0.4) is 0 Å². The van der Waals surface area contributed by atoms with Crippen molar-refractivity contribution >= 4 is 0 Å². The van der Waals surface area contributed by atoms with Crippen LogP contribution in [0.1, 0.15) is 114 Å². The highest BCUT2D eigenvalue weighted by atomic mass is 14.3. The lowest BCUT2D eigenvalue weighted by atomic mass is 9.72. The van der Waals surface area contributed by atoms with Crippen LogP contribution in [0.25, 0.3) is 0 Å². The standard InChI is InChI=1S/C40H58/c1-32(2)18-13-21-35(5)24-15-26-36(6)25-14-22-33(3)19-11-12-20-34(4)23-16-27-37(7)29-30-39-38(8)28-17-31-40(39,9)10/h11-13,16,18-21,23-25,27,29-30H,14-15,17,22,26,28,31H2,1-10H3. The molecule has 0 amide bonds. The zero-order valence-electron chi connectivity index (χ0n) is 27.5. The van der Waals surface area contributed by atoms with Gasteiger partial charge in [-0.1, -0.05) is 138 Å². The first-order chi connectivity index (χ1) is 18.9. The second-order valence-corrected chi connectivity index (χ2v) is 12.5. The van der Waals surface area contributed by atoms with E-state index in [9.17, 15) is 0 Å². The molecule has 0 aromatic rings. The molecule has 0 spiro atoms. The van der Waals surface area contributed by atoms with Crippen molar-refractivity contribution in [2.75, 3.05) is 0 Å². The predicted octanol–water partition coefficient (Wildman–Crippen LogP) is 13.0. The molecule has 0 heteroatoms. The van der Waals surface area contributed by atoms with Gasteiger partial charge in [0.1, 0.15) is 0 Å². The fourth-order valence-electron chi connectivity index (χ4n) is 4.83. The van der Waals surface area contributed by atoms with Crippen molar-refractivity contribution in [3.63, 3.8) is 0 Å². The maximum atomic E-state index is 2.40. The van der Waals surface area contributed by atoms with E-state index in [1.807, 2.05) is 0 Å². The second-order valence-electron chi connectivity index (χ2n) is 12.5. The van der Waals surface area contributed by atoms with Crippen molar-refractivity contribution in [1.82, 2.24) is 0 Å². The Morgan fingerprint density at radius 3 is 1.93 bits per heavy atom. The molecule has 1 aliphatic carbocycles. The van der Waals surface area contributed by atoms with Gasteiger partial charge >= 0.3 is 0 Å². The summed E-state index contributed by atoms with van der Waals surface area (Å²) in [5.41, 5.74) is 11.5. The molecule has 40 heavy (non-hydrogen) atoms. The van der Waals surface area contributed by atoms with Crippen molar-refractivity contribution in [3.05, 3.63) is 130 Å². The zero-order valence-corrected chi connectivity index (χ0v) is 27.5. The van der Waals surface area contributed by atoms with Gasteiger partial charge < -0.3 is 0 Å². The fraction of sp³-hybridized carbons (Fsp3) is 0.450. The van der Waals surface area contributed by atoms with Gasteiger partial charge in [-0.25, -0.2) is 0 Å². The van der Waals surface area contributed by atoms with Crippen LogP contribution in [-0.2, 0) is 0 Å². The van der Waals surface area contributed by atoms with E-state index in [1.54, 1.807) is 5.57 Å². The van der Waals surface area contributed by atoms with Crippen molar-refractivity contribution in [1.29, 1.82) is 0 Å². The molecule has 0 saturated heterocycles. The number of rotatable bonds is 14. The maximum Gasteiger partial charge on any atom is -0.0104 e. The molecule has 0 aliphatic heterocycles. The van der Waals surface area contributed by atoms with Crippen molar-refractivity contribution in [2.24, 2.45) is 5.41 Å². The fourth-order valence-corrected chi connectivity index (χ4v) is 4.83. The molecular weight excluding hydrogens is 480 g/mol. The molecule has 0 nitrogen and oxygen atoms in total. The lowest BCUT2D eigenvalue weighted by Crippen LogP contribution is -2.19. The molecule has 0 fully saturated rings. The molecule has 0 N–H and O–H groups in total. The summed E-state index contributed by atoms with van der Waals surface area (Å²) in [6.45, 7) is 22.3. The van der Waals surface area contributed by atoms with Crippen molar-refractivity contribution in [3.8, 4) is 0 Å². The molecule has 0 aromatic heterocycles. The van der Waals surface area contributed by atoms with Gasteiger partial charge in [-0.3, -0.25) is 0 Å². The number of hydrogen-bond acceptors (Lipinski definition) is 0. The minimum Gasteiger partial charge on any atom is -0.0853 e. The zero-order chi connectivity index (χ0) is 30.0. The Labute approximate surface area is 248 Å². The van der Waals surface area contributed by atoms with E-state index in [-0.39, 0.29) is 0 Å². The van der Waals surface area contributed by atoms with Gasteiger partial charge in [-0.05, 0) is 111 Å². The van der Waals surface area contributed by atoms with E-state index in [0.717, 1.165) is 25.7 Å². The topological polar surface area (TPSA) is 0 Å². The Morgan fingerprint density at radius 2 is 1.23 bits per heavy atom. The molecule has 218 valence electrons. The molecule has 1 aliphatic rings. The first-order valence-corrected chi connectivity index (χ1v) is 15.3.